The minimum atomic E-state index is -1.29. The summed E-state index contributed by atoms with van der Waals surface area (Å²) in [6.07, 6.45) is 4.00. The Balaban J connectivity index is 1.55. The van der Waals surface area contributed by atoms with Crippen molar-refractivity contribution < 1.29 is 14.4 Å². The maximum Gasteiger partial charge on any atom is 0.238 e. The molecule has 7 rings (SSSR count). The average Bonchev–Trinajstić information content (AvgIpc) is 3.45. The van der Waals surface area contributed by atoms with Crippen molar-refractivity contribution in [3.63, 3.8) is 0 Å². The molecule has 0 bridgehead atoms. The van der Waals surface area contributed by atoms with Crippen LogP contribution in [0.2, 0.25) is 0 Å². The number of benzene rings is 4. The molecule has 184 valence electrons. The van der Waals surface area contributed by atoms with E-state index in [1.807, 2.05) is 102 Å². The van der Waals surface area contributed by atoms with Gasteiger partial charge in [0.05, 0.1) is 12.0 Å². The van der Waals surface area contributed by atoms with Gasteiger partial charge in [-0.2, -0.15) is 0 Å². The van der Waals surface area contributed by atoms with Gasteiger partial charge < -0.3 is 10.2 Å². The number of carbonyl (C=O) groups is 3. The molecule has 5 heteroatoms. The lowest BCUT2D eigenvalue weighted by atomic mass is 9.64. The van der Waals surface area contributed by atoms with Crippen molar-refractivity contribution in [2.24, 2.45) is 5.92 Å². The normalized spacial score (nSPS) is 24.5. The first-order valence-corrected chi connectivity index (χ1v) is 12.8. The van der Waals surface area contributed by atoms with E-state index in [0.717, 1.165) is 16.8 Å². The first-order chi connectivity index (χ1) is 18.6. The highest BCUT2D eigenvalue weighted by Crippen LogP contribution is 2.58. The van der Waals surface area contributed by atoms with Gasteiger partial charge in [0.15, 0.2) is 11.6 Å². The summed E-state index contributed by atoms with van der Waals surface area (Å²) >= 11 is 0. The van der Waals surface area contributed by atoms with E-state index < -0.39 is 23.4 Å². The summed E-state index contributed by atoms with van der Waals surface area (Å²) in [5, 5.41) is 3.06. The van der Waals surface area contributed by atoms with Crippen LogP contribution in [-0.2, 0) is 10.2 Å². The predicted octanol–water partition coefficient (Wildman–Crippen LogP) is 5.54. The maximum absolute atomic E-state index is 14.6. The number of ketones is 2. The van der Waals surface area contributed by atoms with Gasteiger partial charge in [-0.05, 0) is 23.3 Å². The molecule has 1 fully saturated rings. The van der Waals surface area contributed by atoms with Gasteiger partial charge in [0.1, 0.15) is 11.5 Å². The fraction of sp³-hybridized carbons (Fsp3) is 0.121. The number of Topliss-reactive ketones (excluding diaryl/α,β-unsaturated/α-hetero) is 2. The van der Waals surface area contributed by atoms with Crippen LogP contribution in [0.3, 0.4) is 0 Å². The minimum Gasteiger partial charge on any atom is -0.352 e. The van der Waals surface area contributed by atoms with Gasteiger partial charge >= 0.3 is 0 Å². The Morgan fingerprint density at radius 1 is 0.711 bits per heavy atom. The van der Waals surface area contributed by atoms with E-state index in [-0.39, 0.29) is 17.5 Å². The average molecular weight is 497 g/mol. The van der Waals surface area contributed by atoms with Crippen LogP contribution in [0.1, 0.15) is 31.8 Å². The van der Waals surface area contributed by atoms with Gasteiger partial charge in [0.25, 0.3) is 0 Å². The lowest BCUT2D eigenvalue weighted by Gasteiger charge is -2.37. The molecule has 1 saturated heterocycles. The molecule has 1 spiro atoms. The zero-order valence-electron chi connectivity index (χ0n) is 20.5. The van der Waals surface area contributed by atoms with Crippen LogP contribution < -0.4 is 10.2 Å². The lowest BCUT2D eigenvalue weighted by Crippen LogP contribution is -2.51. The van der Waals surface area contributed by atoms with Gasteiger partial charge in [-0.3, -0.25) is 14.4 Å². The molecule has 3 aliphatic heterocycles. The molecule has 4 aromatic carbocycles. The Hall–Kier alpha value is -4.77. The van der Waals surface area contributed by atoms with Gasteiger partial charge in [0.2, 0.25) is 5.91 Å². The Morgan fingerprint density at radius 3 is 2.05 bits per heavy atom. The number of rotatable bonds is 4. The van der Waals surface area contributed by atoms with Crippen molar-refractivity contribution in [3.8, 4) is 0 Å². The fourth-order valence-corrected chi connectivity index (χ4v) is 6.67. The molecule has 4 atom stereocenters. The monoisotopic (exact) mass is 496 g/mol. The lowest BCUT2D eigenvalue weighted by molar-refractivity contribution is -0.121. The third-order valence-electron chi connectivity index (χ3n) is 8.21. The van der Waals surface area contributed by atoms with E-state index in [2.05, 4.69) is 5.32 Å². The molecule has 4 aromatic rings. The van der Waals surface area contributed by atoms with E-state index in [1.54, 1.807) is 24.3 Å². The number of hydrogen-bond donors (Lipinski definition) is 1. The molecular formula is C33H24N2O3. The number of nitrogens with one attached hydrogen (secondary N) is 1. The molecule has 0 saturated carbocycles. The van der Waals surface area contributed by atoms with Crippen LogP contribution in [0.4, 0.5) is 11.4 Å². The number of carbonyl (C=O) groups excluding carboxylic acids is 3. The molecule has 0 aliphatic carbocycles. The third kappa shape index (κ3) is 2.96. The van der Waals surface area contributed by atoms with Gasteiger partial charge in [-0.1, -0.05) is 109 Å². The van der Waals surface area contributed by atoms with Gasteiger partial charge in [-0.25, -0.2) is 0 Å². The summed E-state index contributed by atoms with van der Waals surface area (Å²) in [4.78, 5) is 45.3. The molecule has 3 heterocycles. The Labute approximate surface area is 220 Å². The second-order valence-corrected chi connectivity index (χ2v) is 10.0. The molecule has 1 N–H and O–H groups in total. The standard InChI is InChI=1S/C33H24N2O3/c36-30(22-12-3-1-4-13-22)28-29(31(37)23-14-5-2-6-15-23)35-26-18-10-7-11-21(26)19-20-27(35)33(28)24-16-8-9-17-25(24)34-32(33)38/h1-20,27-29H,(H,34,38)/t27-,28-,29+,33-/m1/s1. The summed E-state index contributed by atoms with van der Waals surface area (Å²) in [7, 11) is 0. The third-order valence-corrected chi connectivity index (χ3v) is 8.21. The molecular weight excluding hydrogens is 472 g/mol. The largest absolute Gasteiger partial charge is 0.352 e. The molecule has 0 aromatic heterocycles. The van der Waals surface area contributed by atoms with Crippen LogP contribution in [0.15, 0.2) is 115 Å². The predicted molar refractivity (Wildman–Crippen MR) is 147 cm³/mol. The number of fused-ring (bicyclic) bond motifs is 6. The second kappa shape index (κ2) is 8.38. The Kier molecular flexibility index (Phi) is 4.95. The van der Waals surface area contributed by atoms with Gasteiger partial charge in [-0.15, -0.1) is 0 Å². The van der Waals surface area contributed by atoms with Gasteiger partial charge in [0, 0.05) is 22.5 Å². The Bertz CT molecular complexity index is 1630. The zero-order chi connectivity index (χ0) is 25.9. The molecule has 5 nitrogen and oxygen atoms in total. The van der Waals surface area contributed by atoms with E-state index in [9.17, 15) is 14.4 Å². The number of para-hydroxylation sites is 2. The number of nitrogens with zero attached hydrogens (tertiary/aromatic N) is 1. The molecule has 3 aliphatic rings. The van der Waals surface area contributed by atoms with Crippen LogP contribution in [-0.4, -0.2) is 29.6 Å². The maximum atomic E-state index is 14.6. The highest BCUT2D eigenvalue weighted by Gasteiger charge is 2.70. The quantitative estimate of drug-likeness (QED) is 0.377. The molecule has 0 radical (unpaired) electrons. The van der Waals surface area contributed by atoms with Crippen LogP contribution >= 0.6 is 0 Å². The number of hydrogen-bond acceptors (Lipinski definition) is 4. The van der Waals surface area contributed by atoms with Crippen LogP contribution in [0.5, 0.6) is 0 Å². The van der Waals surface area contributed by atoms with Crippen molar-refractivity contribution in [1.82, 2.24) is 0 Å². The van der Waals surface area contributed by atoms with Crippen molar-refractivity contribution in [2.45, 2.75) is 17.5 Å². The topological polar surface area (TPSA) is 66.5 Å². The molecule has 1 amide bonds. The van der Waals surface area contributed by atoms with Crippen molar-refractivity contribution in [3.05, 3.63) is 138 Å². The zero-order valence-corrected chi connectivity index (χ0v) is 20.5. The van der Waals surface area contributed by atoms with E-state index in [4.69, 9.17) is 0 Å². The smallest absolute Gasteiger partial charge is 0.238 e. The summed E-state index contributed by atoms with van der Waals surface area (Å²) in [6, 6.07) is 32.1. The van der Waals surface area contributed by atoms with E-state index in [0.29, 0.717) is 16.8 Å². The molecule has 0 unspecified atom stereocenters. The highest BCUT2D eigenvalue weighted by atomic mass is 16.2. The SMILES string of the molecule is O=C(c1ccccc1)[C@@H]1[C@H](C(=O)c2ccccc2)[C@]2(C(=O)Nc3ccccc32)[C@H]2C=Cc3ccccc3N12. The van der Waals surface area contributed by atoms with Crippen LogP contribution in [0.25, 0.3) is 6.08 Å². The van der Waals surface area contributed by atoms with E-state index in [1.165, 1.54) is 0 Å². The van der Waals surface area contributed by atoms with Crippen molar-refractivity contribution >= 4 is 34.9 Å². The van der Waals surface area contributed by atoms with E-state index >= 15 is 0 Å². The highest BCUT2D eigenvalue weighted by molar-refractivity contribution is 6.18. The summed E-state index contributed by atoms with van der Waals surface area (Å²) in [6.45, 7) is 0. The second-order valence-electron chi connectivity index (χ2n) is 10.0. The summed E-state index contributed by atoms with van der Waals surface area (Å²) in [5.41, 5.74) is 2.93. The summed E-state index contributed by atoms with van der Waals surface area (Å²) in [5.74, 6) is -1.60. The number of amides is 1. The van der Waals surface area contributed by atoms with Crippen molar-refractivity contribution in [2.75, 3.05) is 10.2 Å². The minimum absolute atomic E-state index is 0.177. The van der Waals surface area contributed by atoms with Crippen molar-refractivity contribution in [1.29, 1.82) is 0 Å². The Morgan fingerprint density at radius 2 is 1.32 bits per heavy atom. The first kappa shape index (κ1) is 22.4. The number of anilines is 2. The van der Waals surface area contributed by atoms with Crippen LogP contribution in [0, 0.1) is 5.92 Å². The first-order valence-electron chi connectivity index (χ1n) is 12.8. The molecule has 38 heavy (non-hydrogen) atoms. The summed E-state index contributed by atoms with van der Waals surface area (Å²) < 4.78 is 0. The fourth-order valence-electron chi connectivity index (χ4n) is 6.67.